The average molecular weight is 548 g/mol. The minimum absolute atomic E-state index is 0. The number of aliphatic imine (C=N–C) groups is 1. The first-order valence-corrected chi connectivity index (χ1v) is 10.9. The van der Waals surface area contributed by atoms with Crippen LogP contribution in [0.3, 0.4) is 0 Å². The Labute approximate surface area is 202 Å². The first-order chi connectivity index (χ1) is 14.7. The molecule has 2 aliphatic heterocycles. The van der Waals surface area contributed by atoms with E-state index in [2.05, 4.69) is 26.6 Å². The summed E-state index contributed by atoms with van der Waals surface area (Å²) >= 11 is 0. The largest absolute Gasteiger partial charge is 0.492 e. The zero-order valence-corrected chi connectivity index (χ0v) is 20.8. The van der Waals surface area contributed by atoms with Crippen LogP contribution in [0.4, 0.5) is 0 Å². The predicted octanol–water partition coefficient (Wildman–Crippen LogP) is 1.47. The lowest BCUT2D eigenvalue weighted by atomic mass is 9.84. The number of rotatable bonds is 10. The van der Waals surface area contributed by atoms with Gasteiger partial charge in [-0.1, -0.05) is 18.2 Å². The fourth-order valence-corrected chi connectivity index (χ4v) is 3.88. The lowest BCUT2D eigenvalue weighted by Gasteiger charge is -2.28. The molecular weight excluding hydrogens is 511 g/mol. The van der Waals surface area contributed by atoms with Gasteiger partial charge in [-0.25, -0.2) is 0 Å². The van der Waals surface area contributed by atoms with E-state index in [0.717, 1.165) is 76.1 Å². The maximum atomic E-state index is 9.40. The van der Waals surface area contributed by atoms with E-state index in [0.29, 0.717) is 19.8 Å². The summed E-state index contributed by atoms with van der Waals surface area (Å²) in [6, 6.07) is 8.11. The first-order valence-electron chi connectivity index (χ1n) is 10.9. The second-order valence-corrected chi connectivity index (χ2v) is 7.97. The minimum atomic E-state index is -0.0210. The van der Waals surface area contributed by atoms with E-state index in [1.54, 1.807) is 7.05 Å². The van der Waals surface area contributed by atoms with Crippen LogP contribution >= 0.6 is 24.0 Å². The van der Waals surface area contributed by atoms with Gasteiger partial charge in [0.05, 0.1) is 19.8 Å². The lowest BCUT2D eigenvalue weighted by molar-refractivity contribution is 0.0322. The summed E-state index contributed by atoms with van der Waals surface area (Å²) in [5.41, 5.74) is 1.07. The standard InChI is InChI=1S/C22H36N4O4.HI/c1-23-21(25-17-22(6-11-27)7-12-29-18-22)24-16-19-4-2-3-5-20(19)30-15-10-26-8-13-28-14-9-26;/h2-5,27H,6-18H2,1H3,(H2,23,24,25);1H. The predicted molar refractivity (Wildman–Crippen MR) is 132 cm³/mol. The minimum Gasteiger partial charge on any atom is -0.492 e. The summed E-state index contributed by atoms with van der Waals surface area (Å²) in [6.07, 6.45) is 1.69. The molecule has 8 nitrogen and oxygen atoms in total. The Kier molecular flexibility index (Phi) is 11.9. The number of nitrogens with one attached hydrogen (secondary N) is 2. The number of ether oxygens (including phenoxy) is 3. The first kappa shape index (κ1) is 26.1. The van der Waals surface area contributed by atoms with Crippen LogP contribution in [-0.2, 0) is 16.0 Å². The third-order valence-corrected chi connectivity index (χ3v) is 5.87. The van der Waals surface area contributed by atoms with Crippen LogP contribution in [-0.4, -0.2) is 88.8 Å². The molecule has 2 heterocycles. The van der Waals surface area contributed by atoms with Gasteiger partial charge in [-0.15, -0.1) is 24.0 Å². The Morgan fingerprint density at radius 3 is 2.71 bits per heavy atom. The highest BCUT2D eigenvalue weighted by Gasteiger charge is 2.34. The average Bonchev–Trinajstić information content (AvgIpc) is 3.24. The number of nitrogens with zero attached hydrogens (tertiary/aromatic N) is 2. The van der Waals surface area contributed by atoms with Crippen LogP contribution in [0.1, 0.15) is 18.4 Å². The van der Waals surface area contributed by atoms with Crippen molar-refractivity contribution in [2.75, 3.05) is 72.9 Å². The number of benzene rings is 1. The molecule has 0 aromatic heterocycles. The molecule has 1 atom stereocenters. The van der Waals surface area contributed by atoms with E-state index in [-0.39, 0.29) is 36.0 Å². The quantitative estimate of drug-likeness (QED) is 0.232. The number of morpholine rings is 1. The van der Waals surface area contributed by atoms with Crippen molar-refractivity contribution in [3.8, 4) is 5.75 Å². The van der Waals surface area contributed by atoms with E-state index in [9.17, 15) is 5.11 Å². The summed E-state index contributed by atoms with van der Waals surface area (Å²) in [6.45, 7) is 8.07. The fourth-order valence-electron chi connectivity index (χ4n) is 3.88. The maximum Gasteiger partial charge on any atom is 0.191 e. The number of hydrogen-bond acceptors (Lipinski definition) is 6. The second kappa shape index (κ2) is 14.1. The van der Waals surface area contributed by atoms with Crippen molar-refractivity contribution in [1.29, 1.82) is 0 Å². The molecule has 3 rings (SSSR count). The van der Waals surface area contributed by atoms with Crippen molar-refractivity contribution in [3.63, 3.8) is 0 Å². The van der Waals surface area contributed by atoms with Crippen molar-refractivity contribution in [2.24, 2.45) is 10.4 Å². The molecule has 0 amide bonds. The molecule has 0 radical (unpaired) electrons. The molecule has 1 aromatic rings. The van der Waals surface area contributed by atoms with Gasteiger partial charge in [0.15, 0.2) is 5.96 Å². The van der Waals surface area contributed by atoms with Crippen LogP contribution in [0.5, 0.6) is 5.75 Å². The second-order valence-electron chi connectivity index (χ2n) is 7.97. The van der Waals surface area contributed by atoms with E-state index >= 15 is 0 Å². The zero-order chi connectivity index (χ0) is 21.1. The van der Waals surface area contributed by atoms with E-state index in [1.807, 2.05) is 18.2 Å². The Morgan fingerprint density at radius 1 is 1.19 bits per heavy atom. The van der Waals surface area contributed by atoms with Crippen molar-refractivity contribution >= 4 is 29.9 Å². The van der Waals surface area contributed by atoms with E-state index in [4.69, 9.17) is 14.2 Å². The molecule has 1 unspecified atom stereocenters. The highest BCUT2D eigenvalue weighted by molar-refractivity contribution is 14.0. The summed E-state index contributed by atoms with van der Waals surface area (Å²) in [7, 11) is 1.77. The third kappa shape index (κ3) is 8.38. The van der Waals surface area contributed by atoms with Gasteiger partial charge in [0, 0.05) is 64.0 Å². The number of aliphatic hydroxyl groups excluding tert-OH is 1. The molecule has 176 valence electrons. The molecule has 2 saturated heterocycles. The van der Waals surface area contributed by atoms with Gasteiger partial charge in [0.1, 0.15) is 12.4 Å². The smallest absolute Gasteiger partial charge is 0.191 e. The Morgan fingerprint density at radius 2 is 2.00 bits per heavy atom. The normalized spacial score (nSPS) is 22.1. The van der Waals surface area contributed by atoms with E-state index < -0.39 is 0 Å². The van der Waals surface area contributed by atoms with Crippen LogP contribution in [0.2, 0.25) is 0 Å². The number of aliphatic hydroxyl groups is 1. The van der Waals surface area contributed by atoms with Gasteiger partial charge in [0.25, 0.3) is 0 Å². The molecule has 0 spiro atoms. The van der Waals surface area contributed by atoms with Crippen molar-refractivity contribution in [3.05, 3.63) is 29.8 Å². The van der Waals surface area contributed by atoms with Crippen molar-refractivity contribution < 1.29 is 19.3 Å². The molecular formula is C22H37IN4O4. The molecule has 1 aromatic carbocycles. The van der Waals surface area contributed by atoms with Crippen molar-refractivity contribution in [1.82, 2.24) is 15.5 Å². The highest BCUT2D eigenvalue weighted by Crippen LogP contribution is 2.31. The molecule has 9 heteroatoms. The van der Waals surface area contributed by atoms with Crippen LogP contribution in [0.25, 0.3) is 0 Å². The Balaban J connectivity index is 0.00000341. The van der Waals surface area contributed by atoms with Gasteiger partial charge < -0.3 is 30.0 Å². The van der Waals surface area contributed by atoms with Crippen molar-refractivity contribution in [2.45, 2.75) is 19.4 Å². The molecule has 2 fully saturated rings. The topological polar surface area (TPSA) is 87.6 Å². The molecule has 31 heavy (non-hydrogen) atoms. The van der Waals surface area contributed by atoms with Gasteiger partial charge in [-0.05, 0) is 18.9 Å². The zero-order valence-electron chi connectivity index (χ0n) is 18.5. The molecule has 3 N–H and O–H groups in total. The summed E-state index contributed by atoms with van der Waals surface area (Å²) < 4.78 is 17.0. The molecule has 0 saturated carbocycles. The fraction of sp³-hybridized carbons (Fsp3) is 0.682. The van der Waals surface area contributed by atoms with Gasteiger partial charge in [0.2, 0.25) is 0 Å². The SMILES string of the molecule is CN=C(NCc1ccccc1OCCN1CCOCC1)NCC1(CCO)CCOC1.I. The van der Waals surface area contributed by atoms with Gasteiger partial charge >= 0.3 is 0 Å². The lowest BCUT2D eigenvalue weighted by Crippen LogP contribution is -2.44. The summed E-state index contributed by atoms with van der Waals surface area (Å²) in [4.78, 5) is 6.71. The van der Waals surface area contributed by atoms with Gasteiger partial charge in [-0.3, -0.25) is 9.89 Å². The number of para-hydroxylation sites is 1. The number of guanidine groups is 1. The Bertz CT molecular complexity index is 665. The van der Waals surface area contributed by atoms with Crippen LogP contribution in [0.15, 0.2) is 29.3 Å². The van der Waals surface area contributed by atoms with Crippen LogP contribution < -0.4 is 15.4 Å². The van der Waals surface area contributed by atoms with Crippen LogP contribution in [0, 0.1) is 5.41 Å². The molecule has 2 aliphatic rings. The van der Waals surface area contributed by atoms with Gasteiger partial charge in [-0.2, -0.15) is 0 Å². The van der Waals surface area contributed by atoms with E-state index in [1.165, 1.54) is 0 Å². The monoisotopic (exact) mass is 548 g/mol. The maximum absolute atomic E-state index is 9.40. The third-order valence-electron chi connectivity index (χ3n) is 5.87. The molecule has 0 aliphatic carbocycles. The number of halogens is 1. The highest BCUT2D eigenvalue weighted by atomic mass is 127. The Hall–Kier alpha value is -1.14. The summed E-state index contributed by atoms with van der Waals surface area (Å²) in [5, 5.41) is 16.2. The summed E-state index contributed by atoms with van der Waals surface area (Å²) in [5.74, 6) is 1.64. The number of hydrogen-bond donors (Lipinski definition) is 3. The molecule has 0 bridgehead atoms.